The molecule has 0 radical (unpaired) electrons. The predicted molar refractivity (Wildman–Crippen MR) is 42.3 cm³/mol. The summed E-state index contributed by atoms with van der Waals surface area (Å²) in [6, 6.07) is 0. The lowest BCUT2D eigenvalue weighted by Crippen LogP contribution is -1.97. The molecule has 1 heterocycles. The summed E-state index contributed by atoms with van der Waals surface area (Å²) in [4.78, 5) is 0. The molecule has 0 fully saturated rings. The minimum absolute atomic E-state index is 0.464. The molecule has 0 bridgehead atoms. The van der Waals surface area contributed by atoms with E-state index in [1.807, 2.05) is 13.8 Å². The Kier molecular flexibility index (Phi) is 2.41. The first-order chi connectivity index (χ1) is 5.20. The van der Waals surface area contributed by atoms with Crippen LogP contribution in [0.1, 0.15) is 20.3 Å². The number of rotatable bonds is 2. The van der Waals surface area contributed by atoms with E-state index in [1.165, 1.54) is 0 Å². The Morgan fingerprint density at radius 1 is 1.64 bits per heavy atom. The smallest absolute Gasteiger partial charge is 0.304 e. The van der Waals surface area contributed by atoms with Crippen LogP contribution in [0.5, 0.6) is 0 Å². The van der Waals surface area contributed by atoms with Crippen molar-refractivity contribution in [3.8, 4) is 0 Å². The molecule has 0 saturated heterocycles. The first kappa shape index (κ1) is 7.98. The Morgan fingerprint density at radius 3 is 2.82 bits per heavy atom. The van der Waals surface area contributed by atoms with Gasteiger partial charge >= 0.3 is 5.95 Å². The van der Waals surface area contributed by atoms with Gasteiger partial charge in [0.1, 0.15) is 0 Å². The van der Waals surface area contributed by atoms with E-state index >= 15 is 0 Å². The molecule has 0 atom stereocenters. The number of ether oxygens (including phenoxy) is 2. The van der Waals surface area contributed by atoms with Crippen molar-refractivity contribution in [3.63, 3.8) is 0 Å². The minimum Gasteiger partial charge on any atom is -0.463 e. The molecule has 1 aliphatic heterocycles. The monoisotopic (exact) mass is 155 g/mol. The van der Waals surface area contributed by atoms with Crippen LogP contribution in [0.15, 0.2) is 23.5 Å². The van der Waals surface area contributed by atoms with E-state index in [9.17, 15) is 0 Å². The van der Waals surface area contributed by atoms with Crippen LogP contribution in [0.2, 0.25) is 0 Å². The van der Waals surface area contributed by atoms with E-state index < -0.39 is 0 Å². The normalized spacial score (nSPS) is 16.2. The highest BCUT2D eigenvalue weighted by atomic mass is 16.7. The van der Waals surface area contributed by atoms with Crippen LogP contribution in [-0.2, 0) is 9.47 Å². The summed E-state index contributed by atoms with van der Waals surface area (Å²) in [6.45, 7) is 4.54. The molecular weight excluding hydrogens is 142 g/mol. The zero-order valence-corrected chi connectivity index (χ0v) is 6.89. The van der Waals surface area contributed by atoms with Gasteiger partial charge in [-0.1, -0.05) is 0 Å². The molecule has 0 amide bonds. The van der Waals surface area contributed by atoms with E-state index in [1.54, 1.807) is 6.26 Å². The summed E-state index contributed by atoms with van der Waals surface area (Å²) in [5, 5.41) is 0. The quantitative estimate of drug-likeness (QED) is 0.614. The zero-order valence-electron chi connectivity index (χ0n) is 6.89. The lowest BCUT2D eigenvalue weighted by Gasteiger charge is -2.01. The molecule has 0 spiro atoms. The molecule has 3 heteroatoms. The highest BCUT2D eigenvalue weighted by Crippen LogP contribution is 2.15. The Hall–Kier alpha value is -1.12. The number of nitrogens with two attached hydrogens (primary N) is 1. The summed E-state index contributed by atoms with van der Waals surface area (Å²) in [6.07, 6.45) is 2.40. The van der Waals surface area contributed by atoms with E-state index in [0.717, 1.165) is 12.0 Å². The molecular formula is C8H13NO2. The van der Waals surface area contributed by atoms with Gasteiger partial charge in [-0.05, 0) is 19.4 Å². The van der Waals surface area contributed by atoms with Gasteiger partial charge in [-0.2, -0.15) is 0 Å². The van der Waals surface area contributed by atoms with Gasteiger partial charge in [0.15, 0.2) is 0 Å². The van der Waals surface area contributed by atoms with Gasteiger partial charge < -0.3 is 15.2 Å². The maximum Gasteiger partial charge on any atom is 0.304 e. The average Bonchev–Trinajstić information content (AvgIpc) is 2.31. The molecule has 0 aromatic rings. The van der Waals surface area contributed by atoms with Crippen molar-refractivity contribution < 1.29 is 9.47 Å². The molecule has 0 unspecified atom stereocenters. The first-order valence-electron chi connectivity index (χ1n) is 3.61. The molecule has 0 saturated carbocycles. The highest BCUT2D eigenvalue weighted by molar-refractivity contribution is 5.04. The van der Waals surface area contributed by atoms with E-state index in [0.29, 0.717) is 18.2 Å². The van der Waals surface area contributed by atoms with Gasteiger partial charge in [-0.3, -0.25) is 0 Å². The van der Waals surface area contributed by atoms with Crippen LogP contribution >= 0.6 is 0 Å². The van der Waals surface area contributed by atoms with Crippen molar-refractivity contribution in [2.24, 2.45) is 5.73 Å². The Labute approximate surface area is 66.5 Å². The maximum atomic E-state index is 5.57. The molecule has 62 valence electrons. The molecule has 1 rings (SSSR count). The zero-order chi connectivity index (χ0) is 8.27. The van der Waals surface area contributed by atoms with E-state index in [4.69, 9.17) is 15.2 Å². The summed E-state index contributed by atoms with van der Waals surface area (Å²) in [5.74, 6) is 0.464. The third-order valence-corrected chi connectivity index (χ3v) is 1.27. The minimum atomic E-state index is 0.464. The van der Waals surface area contributed by atoms with Crippen molar-refractivity contribution in [3.05, 3.63) is 23.5 Å². The van der Waals surface area contributed by atoms with Crippen molar-refractivity contribution in [2.75, 3.05) is 6.61 Å². The SMILES string of the molecule is CC(C)=COC1=C(N)CCO1. The van der Waals surface area contributed by atoms with Crippen molar-refractivity contribution in [2.45, 2.75) is 20.3 Å². The Morgan fingerprint density at radius 2 is 2.36 bits per heavy atom. The van der Waals surface area contributed by atoms with Crippen LogP contribution in [-0.4, -0.2) is 6.61 Å². The van der Waals surface area contributed by atoms with Crippen LogP contribution < -0.4 is 5.73 Å². The van der Waals surface area contributed by atoms with Crippen LogP contribution in [0, 0.1) is 0 Å². The topological polar surface area (TPSA) is 44.5 Å². The predicted octanol–water partition coefficient (Wildman–Crippen LogP) is 1.47. The highest BCUT2D eigenvalue weighted by Gasteiger charge is 2.13. The van der Waals surface area contributed by atoms with Crippen LogP contribution in [0.3, 0.4) is 0 Å². The maximum absolute atomic E-state index is 5.57. The molecule has 0 aliphatic carbocycles. The molecule has 0 aromatic carbocycles. The van der Waals surface area contributed by atoms with Gasteiger partial charge in [0.05, 0.1) is 18.6 Å². The summed E-state index contributed by atoms with van der Waals surface area (Å²) in [7, 11) is 0. The Balaban J connectivity index is 2.49. The van der Waals surface area contributed by atoms with Crippen LogP contribution in [0.4, 0.5) is 0 Å². The summed E-state index contributed by atoms with van der Waals surface area (Å²) in [5.41, 5.74) is 7.35. The third-order valence-electron chi connectivity index (χ3n) is 1.27. The van der Waals surface area contributed by atoms with Crippen molar-refractivity contribution >= 4 is 0 Å². The fourth-order valence-electron chi connectivity index (χ4n) is 0.730. The number of allylic oxidation sites excluding steroid dienone is 1. The second-order valence-corrected chi connectivity index (χ2v) is 2.72. The molecule has 1 aliphatic rings. The molecule has 3 nitrogen and oxygen atoms in total. The van der Waals surface area contributed by atoms with E-state index in [-0.39, 0.29) is 0 Å². The van der Waals surface area contributed by atoms with Gasteiger partial charge in [0.2, 0.25) is 0 Å². The average molecular weight is 155 g/mol. The third kappa shape index (κ3) is 2.18. The number of hydrogen-bond donors (Lipinski definition) is 1. The van der Waals surface area contributed by atoms with Gasteiger partial charge in [-0.15, -0.1) is 0 Å². The lowest BCUT2D eigenvalue weighted by atomic mass is 10.4. The molecule has 11 heavy (non-hydrogen) atoms. The second kappa shape index (κ2) is 3.32. The van der Waals surface area contributed by atoms with Gasteiger partial charge in [0, 0.05) is 6.42 Å². The van der Waals surface area contributed by atoms with Crippen LogP contribution in [0.25, 0.3) is 0 Å². The molecule has 0 aromatic heterocycles. The van der Waals surface area contributed by atoms with Crippen molar-refractivity contribution in [1.29, 1.82) is 0 Å². The second-order valence-electron chi connectivity index (χ2n) is 2.72. The number of hydrogen-bond acceptors (Lipinski definition) is 3. The first-order valence-corrected chi connectivity index (χ1v) is 3.61. The lowest BCUT2D eigenvalue weighted by molar-refractivity contribution is 0.103. The largest absolute Gasteiger partial charge is 0.463 e. The standard InChI is InChI=1S/C8H13NO2/c1-6(2)5-11-8-7(9)3-4-10-8/h5H,3-4,9H2,1-2H3. The van der Waals surface area contributed by atoms with Gasteiger partial charge in [-0.25, -0.2) is 0 Å². The summed E-state index contributed by atoms with van der Waals surface area (Å²) < 4.78 is 10.3. The Bertz CT molecular complexity index is 202. The van der Waals surface area contributed by atoms with Gasteiger partial charge in [0.25, 0.3) is 0 Å². The van der Waals surface area contributed by atoms with E-state index in [2.05, 4.69) is 0 Å². The fraction of sp³-hybridized carbons (Fsp3) is 0.500. The van der Waals surface area contributed by atoms with Crippen molar-refractivity contribution in [1.82, 2.24) is 0 Å². The molecule has 2 N–H and O–H groups in total. The summed E-state index contributed by atoms with van der Waals surface area (Å²) >= 11 is 0. The fourth-order valence-corrected chi connectivity index (χ4v) is 0.730.